The first kappa shape index (κ1) is 17.6. The van der Waals surface area contributed by atoms with Crippen LogP contribution in [-0.2, 0) is 19.1 Å². The predicted octanol–water partition coefficient (Wildman–Crippen LogP) is 0.954. The maximum absolute atomic E-state index is 11.8. The van der Waals surface area contributed by atoms with Gasteiger partial charge in [-0.15, -0.1) is 0 Å². The molecule has 0 fully saturated rings. The Kier molecular flexibility index (Phi) is 7.63. The Hall–Kier alpha value is -2.41. The van der Waals surface area contributed by atoms with E-state index >= 15 is 0 Å². The minimum Gasteiger partial charge on any atom is -0.469 e. The molecule has 0 aliphatic heterocycles. The van der Waals surface area contributed by atoms with Crippen molar-refractivity contribution in [1.82, 2.24) is 5.32 Å². The van der Waals surface area contributed by atoms with Crippen LogP contribution in [0.15, 0.2) is 24.3 Å². The molecule has 2 N–H and O–H groups in total. The number of esters is 1. The molecule has 7 heteroatoms. The first-order chi connectivity index (χ1) is 10.6. The molecule has 0 aliphatic carbocycles. The van der Waals surface area contributed by atoms with Crippen molar-refractivity contribution < 1.29 is 23.9 Å². The van der Waals surface area contributed by atoms with Crippen molar-refractivity contribution in [2.45, 2.75) is 12.8 Å². The summed E-state index contributed by atoms with van der Waals surface area (Å²) >= 11 is 0. The van der Waals surface area contributed by atoms with Gasteiger partial charge in [0.05, 0.1) is 20.1 Å². The molecule has 0 aromatic heterocycles. The fourth-order valence-corrected chi connectivity index (χ4v) is 1.61. The second kappa shape index (κ2) is 9.51. The van der Waals surface area contributed by atoms with Crippen LogP contribution in [0.1, 0.15) is 23.2 Å². The lowest BCUT2D eigenvalue weighted by Crippen LogP contribution is -2.26. The van der Waals surface area contributed by atoms with E-state index in [2.05, 4.69) is 15.4 Å². The van der Waals surface area contributed by atoms with Crippen LogP contribution in [0.4, 0.5) is 5.69 Å². The SMILES string of the molecule is COCCNC(=O)c1ccc(NC(=O)CCC(=O)OC)cc1. The van der Waals surface area contributed by atoms with Gasteiger partial charge in [0.15, 0.2) is 0 Å². The van der Waals surface area contributed by atoms with E-state index < -0.39 is 5.97 Å². The minimum atomic E-state index is -0.432. The van der Waals surface area contributed by atoms with E-state index in [1.54, 1.807) is 31.4 Å². The lowest BCUT2D eigenvalue weighted by molar-refractivity contribution is -0.141. The minimum absolute atomic E-state index is 0.0301. The molecule has 0 radical (unpaired) electrons. The number of nitrogens with one attached hydrogen (secondary N) is 2. The van der Waals surface area contributed by atoms with Gasteiger partial charge < -0.3 is 20.1 Å². The van der Waals surface area contributed by atoms with Gasteiger partial charge in [0.25, 0.3) is 5.91 Å². The number of hydrogen-bond acceptors (Lipinski definition) is 5. The Labute approximate surface area is 129 Å². The first-order valence-corrected chi connectivity index (χ1v) is 6.80. The Morgan fingerprint density at radius 1 is 1.05 bits per heavy atom. The number of amides is 2. The highest BCUT2D eigenvalue weighted by Crippen LogP contribution is 2.10. The van der Waals surface area contributed by atoms with Gasteiger partial charge in [-0.1, -0.05) is 0 Å². The summed E-state index contributed by atoms with van der Waals surface area (Å²) in [6.07, 6.45) is 0.0776. The van der Waals surface area contributed by atoms with Gasteiger partial charge in [0.2, 0.25) is 5.91 Å². The summed E-state index contributed by atoms with van der Waals surface area (Å²) in [6, 6.07) is 6.47. The van der Waals surface area contributed by atoms with Gasteiger partial charge in [-0.25, -0.2) is 0 Å². The van der Waals surface area contributed by atoms with E-state index in [0.29, 0.717) is 24.4 Å². The summed E-state index contributed by atoms with van der Waals surface area (Å²) in [4.78, 5) is 34.3. The van der Waals surface area contributed by atoms with Crippen LogP contribution in [0.3, 0.4) is 0 Å². The summed E-state index contributed by atoms with van der Waals surface area (Å²) in [5, 5.41) is 5.34. The molecule has 1 aromatic carbocycles. The molecule has 1 aromatic rings. The average molecular weight is 308 g/mol. The number of carbonyl (C=O) groups is 3. The molecule has 0 aliphatic rings. The van der Waals surface area contributed by atoms with E-state index in [-0.39, 0.29) is 24.7 Å². The van der Waals surface area contributed by atoms with Gasteiger partial charge in [0, 0.05) is 31.3 Å². The van der Waals surface area contributed by atoms with E-state index in [9.17, 15) is 14.4 Å². The zero-order valence-corrected chi connectivity index (χ0v) is 12.7. The lowest BCUT2D eigenvalue weighted by atomic mass is 10.2. The van der Waals surface area contributed by atoms with Gasteiger partial charge in [-0.2, -0.15) is 0 Å². The summed E-state index contributed by atoms with van der Waals surface area (Å²) < 4.78 is 9.30. The molecular formula is C15H20N2O5. The molecule has 0 heterocycles. The fourth-order valence-electron chi connectivity index (χ4n) is 1.61. The third-order valence-electron chi connectivity index (χ3n) is 2.81. The van der Waals surface area contributed by atoms with Crippen LogP contribution >= 0.6 is 0 Å². The molecule has 0 atom stereocenters. The van der Waals surface area contributed by atoms with Gasteiger partial charge >= 0.3 is 5.97 Å². The second-order valence-corrected chi connectivity index (χ2v) is 4.45. The third-order valence-corrected chi connectivity index (χ3v) is 2.81. The molecule has 0 saturated heterocycles. The number of benzene rings is 1. The van der Waals surface area contributed by atoms with Gasteiger partial charge in [-0.05, 0) is 24.3 Å². The zero-order valence-electron chi connectivity index (χ0n) is 12.7. The van der Waals surface area contributed by atoms with Gasteiger partial charge in [-0.3, -0.25) is 14.4 Å². The molecule has 120 valence electrons. The Morgan fingerprint density at radius 3 is 2.32 bits per heavy atom. The molecule has 0 unspecified atom stereocenters. The quantitative estimate of drug-likeness (QED) is 0.551. The Morgan fingerprint density at radius 2 is 1.73 bits per heavy atom. The van der Waals surface area contributed by atoms with Crippen molar-refractivity contribution in [2.24, 2.45) is 0 Å². The van der Waals surface area contributed by atoms with E-state index in [0.717, 1.165) is 0 Å². The number of ether oxygens (including phenoxy) is 2. The summed E-state index contributed by atoms with van der Waals surface area (Å²) in [5.74, 6) is -0.929. The molecule has 1 rings (SSSR count). The van der Waals surface area contributed by atoms with Crippen LogP contribution in [0.5, 0.6) is 0 Å². The normalized spacial score (nSPS) is 9.91. The molecule has 7 nitrogen and oxygen atoms in total. The van der Waals surface area contributed by atoms with Crippen molar-refractivity contribution in [2.75, 3.05) is 32.7 Å². The van der Waals surface area contributed by atoms with Crippen molar-refractivity contribution in [3.63, 3.8) is 0 Å². The number of hydrogen-bond donors (Lipinski definition) is 2. The zero-order chi connectivity index (χ0) is 16.4. The Balaban J connectivity index is 2.45. The predicted molar refractivity (Wildman–Crippen MR) is 80.5 cm³/mol. The molecular weight excluding hydrogens is 288 g/mol. The first-order valence-electron chi connectivity index (χ1n) is 6.80. The largest absolute Gasteiger partial charge is 0.469 e. The molecule has 0 spiro atoms. The number of rotatable bonds is 8. The van der Waals surface area contributed by atoms with Crippen LogP contribution in [0, 0.1) is 0 Å². The van der Waals surface area contributed by atoms with Crippen molar-refractivity contribution >= 4 is 23.5 Å². The van der Waals surface area contributed by atoms with Crippen molar-refractivity contribution in [3.8, 4) is 0 Å². The highest BCUT2D eigenvalue weighted by molar-refractivity contribution is 5.96. The lowest BCUT2D eigenvalue weighted by Gasteiger charge is -2.07. The third kappa shape index (κ3) is 6.36. The van der Waals surface area contributed by atoms with E-state index in [1.807, 2.05) is 0 Å². The highest BCUT2D eigenvalue weighted by atomic mass is 16.5. The molecule has 0 saturated carbocycles. The van der Waals surface area contributed by atoms with Crippen LogP contribution in [0.25, 0.3) is 0 Å². The summed E-state index contributed by atoms with van der Waals surface area (Å²) in [6.45, 7) is 0.876. The highest BCUT2D eigenvalue weighted by Gasteiger charge is 2.08. The standard InChI is InChI=1S/C15H20N2O5/c1-21-10-9-16-15(20)11-3-5-12(6-4-11)17-13(18)7-8-14(19)22-2/h3-6H,7-10H2,1-2H3,(H,16,20)(H,17,18). The van der Waals surface area contributed by atoms with Crippen LogP contribution in [0.2, 0.25) is 0 Å². The number of anilines is 1. The van der Waals surface area contributed by atoms with E-state index in [1.165, 1.54) is 7.11 Å². The van der Waals surface area contributed by atoms with Crippen LogP contribution in [-0.4, -0.2) is 45.2 Å². The number of methoxy groups -OCH3 is 2. The monoisotopic (exact) mass is 308 g/mol. The van der Waals surface area contributed by atoms with Gasteiger partial charge in [0.1, 0.15) is 0 Å². The fraction of sp³-hybridized carbons (Fsp3) is 0.400. The van der Waals surface area contributed by atoms with E-state index in [4.69, 9.17) is 4.74 Å². The van der Waals surface area contributed by atoms with Crippen molar-refractivity contribution in [3.05, 3.63) is 29.8 Å². The average Bonchev–Trinajstić information content (AvgIpc) is 2.53. The molecule has 0 bridgehead atoms. The maximum Gasteiger partial charge on any atom is 0.306 e. The number of carbonyl (C=O) groups excluding carboxylic acids is 3. The summed E-state index contributed by atoms with van der Waals surface area (Å²) in [5.41, 5.74) is 1.05. The topological polar surface area (TPSA) is 93.7 Å². The van der Waals surface area contributed by atoms with Crippen LogP contribution < -0.4 is 10.6 Å². The molecule has 2 amide bonds. The second-order valence-electron chi connectivity index (χ2n) is 4.45. The Bertz CT molecular complexity index is 513. The maximum atomic E-state index is 11.8. The smallest absolute Gasteiger partial charge is 0.306 e. The van der Waals surface area contributed by atoms with Crippen molar-refractivity contribution in [1.29, 1.82) is 0 Å². The summed E-state index contributed by atoms with van der Waals surface area (Å²) in [7, 11) is 2.83. The molecule has 22 heavy (non-hydrogen) atoms.